The van der Waals surface area contributed by atoms with Gasteiger partial charge in [-0.05, 0) is 68.6 Å². The molecule has 6 heteroatoms. The Morgan fingerprint density at radius 2 is 1.78 bits per heavy atom. The van der Waals surface area contributed by atoms with Crippen molar-refractivity contribution in [1.82, 2.24) is 4.90 Å². The molecule has 2 aromatic carbocycles. The Hall–Kier alpha value is -2.99. The maximum absolute atomic E-state index is 13.3. The molecule has 170 valence electrons. The van der Waals surface area contributed by atoms with Gasteiger partial charge >= 0.3 is 0 Å². The van der Waals surface area contributed by atoms with Crippen molar-refractivity contribution in [1.29, 1.82) is 0 Å². The van der Waals surface area contributed by atoms with E-state index in [1.165, 1.54) is 12.8 Å². The van der Waals surface area contributed by atoms with Crippen LogP contribution in [0, 0.1) is 12.8 Å². The Kier molecular flexibility index (Phi) is 6.70. The Morgan fingerprint density at radius 1 is 1.03 bits per heavy atom. The van der Waals surface area contributed by atoms with Crippen LogP contribution < -0.4 is 19.6 Å². The van der Waals surface area contributed by atoms with Gasteiger partial charge in [0.1, 0.15) is 23.7 Å². The molecule has 6 nitrogen and oxygen atoms in total. The summed E-state index contributed by atoms with van der Waals surface area (Å²) in [5, 5.41) is 0.526. The van der Waals surface area contributed by atoms with Crippen LogP contribution in [-0.4, -0.2) is 45.4 Å². The Balaban J connectivity index is 1.55. The van der Waals surface area contributed by atoms with E-state index in [4.69, 9.17) is 18.6 Å². The first kappa shape index (κ1) is 22.2. The van der Waals surface area contributed by atoms with Crippen molar-refractivity contribution in [2.24, 2.45) is 5.92 Å². The lowest BCUT2D eigenvalue weighted by atomic mass is 9.99. The standard InChI is InChI=1S/C26H31NO5/c1-17-9-11-27(12-10-17)13-14-31-20-6-7-21-23(16-20)32-18(2)25(26(21)28)19-5-8-22(29-3)24(15-19)30-4/h5-8,15-17H,9-14H2,1-4H3. The van der Waals surface area contributed by atoms with Gasteiger partial charge in [0.15, 0.2) is 11.5 Å². The van der Waals surface area contributed by atoms with E-state index in [1.54, 1.807) is 45.4 Å². The molecular formula is C26H31NO5. The third-order valence-corrected chi connectivity index (χ3v) is 6.26. The van der Waals surface area contributed by atoms with Crippen molar-refractivity contribution < 1.29 is 18.6 Å². The maximum atomic E-state index is 13.3. The molecule has 0 aliphatic carbocycles. The Labute approximate surface area is 188 Å². The molecule has 1 saturated heterocycles. The van der Waals surface area contributed by atoms with E-state index in [9.17, 15) is 4.79 Å². The van der Waals surface area contributed by atoms with E-state index in [0.29, 0.717) is 46.1 Å². The van der Waals surface area contributed by atoms with Gasteiger partial charge in [-0.2, -0.15) is 0 Å². The van der Waals surface area contributed by atoms with E-state index in [1.807, 2.05) is 12.1 Å². The van der Waals surface area contributed by atoms with E-state index in [0.717, 1.165) is 31.1 Å². The molecule has 1 aromatic heterocycles. The highest BCUT2D eigenvalue weighted by Gasteiger charge is 2.17. The third-order valence-electron chi connectivity index (χ3n) is 6.26. The minimum absolute atomic E-state index is 0.0787. The molecule has 1 aliphatic heterocycles. The lowest BCUT2D eigenvalue weighted by Crippen LogP contribution is -2.35. The summed E-state index contributed by atoms with van der Waals surface area (Å²) < 4.78 is 22.7. The molecule has 1 aliphatic rings. The number of hydrogen-bond acceptors (Lipinski definition) is 6. The number of ether oxygens (including phenoxy) is 3. The summed E-state index contributed by atoms with van der Waals surface area (Å²) >= 11 is 0. The fraction of sp³-hybridized carbons (Fsp3) is 0.423. The van der Waals surface area contributed by atoms with Gasteiger partial charge in [0.05, 0.1) is 25.2 Å². The van der Waals surface area contributed by atoms with E-state index in [2.05, 4.69) is 11.8 Å². The van der Waals surface area contributed by atoms with Crippen LogP contribution in [0.3, 0.4) is 0 Å². The van der Waals surface area contributed by atoms with Crippen LogP contribution >= 0.6 is 0 Å². The second-order valence-corrected chi connectivity index (χ2v) is 8.46. The molecule has 0 bridgehead atoms. The van der Waals surface area contributed by atoms with Crippen LogP contribution in [0.2, 0.25) is 0 Å². The zero-order chi connectivity index (χ0) is 22.7. The molecule has 1 fully saturated rings. The van der Waals surface area contributed by atoms with Crippen molar-refractivity contribution in [2.45, 2.75) is 26.7 Å². The molecule has 0 N–H and O–H groups in total. The fourth-order valence-corrected chi connectivity index (χ4v) is 4.28. The van der Waals surface area contributed by atoms with Crippen LogP contribution in [0.15, 0.2) is 45.6 Å². The lowest BCUT2D eigenvalue weighted by Gasteiger charge is -2.29. The number of aryl methyl sites for hydroxylation is 1. The van der Waals surface area contributed by atoms with E-state index >= 15 is 0 Å². The molecule has 3 aromatic rings. The summed E-state index contributed by atoms with van der Waals surface area (Å²) in [4.78, 5) is 15.7. The van der Waals surface area contributed by atoms with Crippen LogP contribution in [-0.2, 0) is 0 Å². The minimum atomic E-state index is -0.0787. The molecule has 0 unspecified atom stereocenters. The van der Waals surface area contributed by atoms with Crippen molar-refractivity contribution in [3.8, 4) is 28.4 Å². The molecule has 0 spiro atoms. The minimum Gasteiger partial charge on any atom is -0.493 e. The summed E-state index contributed by atoms with van der Waals surface area (Å²) in [6.45, 7) is 7.91. The molecule has 32 heavy (non-hydrogen) atoms. The van der Waals surface area contributed by atoms with Crippen LogP contribution in [0.25, 0.3) is 22.1 Å². The van der Waals surface area contributed by atoms with Gasteiger partial charge in [0.25, 0.3) is 0 Å². The van der Waals surface area contributed by atoms with Crippen molar-refractivity contribution in [3.63, 3.8) is 0 Å². The van der Waals surface area contributed by atoms with Crippen LogP contribution in [0.5, 0.6) is 17.2 Å². The van der Waals surface area contributed by atoms with Gasteiger partial charge in [-0.3, -0.25) is 9.69 Å². The summed E-state index contributed by atoms with van der Waals surface area (Å²) in [6.07, 6.45) is 2.51. The predicted octanol–water partition coefficient (Wildman–Crippen LogP) is 4.90. The molecular weight excluding hydrogens is 406 g/mol. The van der Waals surface area contributed by atoms with Crippen LogP contribution in [0.4, 0.5) is 0 Å². The van der Waals surface area contributed by atoms with Crippen molar-refractivity contribution in [2.75, 3.05) is 40.5 Å². The number of likely N-dealkylation sites (tertiary alicyclic amines) is 1. The normalized spacial score (nSPS) is 15.1. The molecule has 4 rings (SSSR count). The maximum Gasteiger partial charge on any atom is 0.200 e. The zero-order valence-corrected chi connectivity index (χ0v) is 19.3. The summed E-state index contributed by atoms with van der Waals surface area (Å²) in [6, 6.07) is 10.8. The molecule has 2 heterocycles. The quantitative estimate of drug-likeness (QED) is 0.524. The number of benzene rings is 2. The van der Waals surface area contributed by atoms with Crippen molar-refractivity contribution in [3.05, 3.63) is 52.4 Å². The number of methoxy groups -OCH3 is 2. The second-order valence-electron chi connectivity index (χ2n) is 8.46. The first-order chi connectivity index (χ1) is 15.5. The van der Waals surface area contributed by atoms with Crippen molar-refractivity contribution >= 4 is 11.0 Å². The number of nitrogens with zero attached hydrogens (tertiary/aromatic N) is 1. The SMILES string of the molecule is COc1ccc(-c2c(C)oc3cc(OCCN4CCC(C)CC4)ccc3c2=O)cc1OC. The zero-order valence-electron chi connectivity index (χ0n) is 19.3. The van der Waals surface area contributed by atoms with Gasteiger partial charge in [-0.15, -0.1) is 0 Å². The van der Waals surface area contributed by atoms with E-state index < -0.39 is 0 Å². The second kappa shape index (κ2) is 9.65. The highest BCUT2D eigenvalue weighted by Crippen LogP contribution is 2.33. The monoisotopic (exact) mass is 437 g/mol. The third kappa shape index (κ3) is 4.60. The highest BCUT2D eigenvalue weighted by atomic mass is 16.5. The molecule has 0 radical (unpaired) electrons. The Morgan fingerprint density at radius 3 is 2.50 bits per heavy atom. The van der Waals surface area contributed by atoms with E-state index in [-0.39, 0.29) is 5.43 Å². The number of piperidine rings is 1. The van der Waals surface area contributed by atoms with Gasteiger partial charge in [-0.1, -0.05) is 13.0 Å². The van der Waals surface area contributed by atoms with Gasteiger partial charge in [0, 0.05) is 12.6 Å². The molecule has 0 amide bonds. The predicted molar refractivity (Wildman–Crippen MR) is 126 cm³/mol. The number of hydrogen-bond donors (Lipinski definition) is 0. The summed E-state index contributed by atoms with van der Waals surface area (Å²) in [5.74, 6) is 3.26. The smallest absolute Gasteiger partial charge is 0.200 e. The average Bonchev–Trinajstić information content (AvgIpc) is 2.80. The van der Waals surface area contributed by atoms with Gasteiger partial charge in [-0.25, -0.2) is 0 Å². The lowest BCUT2D eigenvalue weighted by molar-refractivity contribution is 0.160. The molecule has 0 atom stereocenters. The topological polar surface area (TPSA) is 61.1 Å². The number of fused-ring (bicyclic) bond motifs is 1. The van der Waals surface area contributed by atoms with Gasteiger partial charge < -0.3 is 18.6 Å². The Bertz CT molecular complexity index is 1140. The highest BCUT2D eigenvalue weighted by molar-refractivity contribution is 5.84. The average molecular weight is 438 g/mol. The summed E-state index contributed by atoms with van der Waals surface area (Å²) in [5.41, 5.74) is 1.70. The first-order valence-corrected chi connectivity index (χ1v) is 11.1. The molecule has 0 saturated carbocycles. The largest absolute Gasteiger partial charge is 0.493 e. The van der Waals surface area contributed by atoms with Crippen LogP contribution in [0.1, 0.15) is 25.5 Å². The fourth-order valence-electron chi connectivity index (χ4n) is 4.28. The number of rotatable bonds is 7. The first-order valence-electron chi connectivity index (χ1n) is 11.1. The summed E-state index contributed by atoms with van der Waals surface area (Å²) in [7, 11) is 3.16. The van der Waals surface area contributed by atoms with Gasteiger partial charge in [0.2, 0.25) is 5.43 Å².